The summed E-state index contributed by atoms with van der Waals surface area (Å²) >= 11 is 0. The van der Waals surface area contributed by atoms with Gasteiger partial charge in [0.15, 0.2) is 0 Å². The first-order valence-electron chi connectivity index (χ1n) is 12.7. The molecule has 4 aromatic rings. The van der Waals surface area contributed by atoms with Crippen LogP contribution in [-0.4, -0.2) is 23.2 Å². The summed E-state index contributed by atoms with van der Waals surface area (Å²) in [4.78, 5) is 15.5. The quantitative estimate of drug-likeness (QED) is 0.147. The smallest absolute Gasteiger partial charge is 0.433 e. The lowest BCUT2D eigenvalue weighted by atomic mass is 10.1. The highest BCUT2D eigenvalue weighted by atomic mass is 19.4. The first-order valence-corrected chi connectivity index (χ1v) is 12.7. The number of carboxylic acids is 1. The average molecular weight is 570 g/mol. The maximum absolute atomic E-state index is 14.1. The van der Waals surface area contributed by atoms with E-state index in [1.54, 1.807) is 48.5 Å². The predicted octanol–water partition coefficient (Wildman–Crippen LogP) is 7.83. The number of ether oxygens (including phenoxy) is 3. The highest BCUT2D eigenvalue weighted by molar-refractivity contribution is 5.92. The number of pyridine rings is 1. The highest BCUT2D eigenvalue weighted by Crippen LogP contribution is 2.35. The van der Waals surface area contributed by atoms with Crippen LogP contribution >= 0.6 is 0 Å². The molecule has 0 spiro atoms. The van der Waals surface area contributed by atoms with Gasteiger partial charge in [-0.25, -0.2) is 14.2 Å². The number of carboxylic acid groups (broad SMARTS) is 1. The lowest BCUT2D eigenvalue weighted by molar-refractivity contribution is -0.141. The van der Waals surface area contributed by atoms with Crippen LogP contribution in [0.2, 0.25) is 0 Å². The number of fused-ring (bicyclic) bond motifs is 1. The normalized spacial score (nSPS) is 11.9. The number of hydrogen-bond donors (Lipinski definition) is 1. The lowest BCUT2D eigenvalue weighted by Crippen LogP contribution is -2.08. The predicted molar refractivity (Wildman–Crippen MR) is 145 cm³/mol. The Bertz CT molecular complexity index is 1580. The van der Waals surface area contributed by atoms with Crippen LogP contribution in [0, 0.1) is 5.82 Å². The van der Waals surface area contributed by atoms with E-state index in [-0.39, 0.29) is 30.1 Å². The second kappa shape index (κ2) is 12.7. The Balaban J connectivity index is 1.60. The van der Waals surface area contributed by atoms with Crippen molar-refractivity contribution in [1.82, 2.24) is 4.98 Å². The van der Waals surface area contributed by atoms with E-state index in [2.05, 4.69) is 4.98 Å². The zero-order chi connectivity index (χ0) is 29.6. The van der Waals surface area contributed by atoms with Crippen molar-refractivity contribution in [1.29, 1.82) is 0 Å². The van der Waals surface area contributed by atoms with Crippen molar-refractivity contribution in [2.45, 2.75) is 39.2 Å². The largest absolute Gasteiger partial charge is 0.496 e. The standard InChI is InChI=1S/C31H27F4NO5/c1-3-6-20(30(37)38)14-22-15-23(10-12-27(22)41-18-21-7-4-5-8-25(21)32)40-17-19-9-11-26-24(13-19)28(39-2)16-29(36-26)31(33,34)35/h4-5,7-16H,3,6,17-18H2,1-2H3,(H,37,38)/b20-14+. The van der Waals surface area contributed by atoms with E-state index in [4.69, 9.17) is 14.2 Å². The molecule has 0 aliphatic rings. The molecule has 1 aromatic heterocycles. The fourth-order valence-corrected chi connectivity index (χ4v) is 4.14. The topological polar surface area (TPSA) is 77.9 Å². The van der Waals surface area contributed by atoms with E-state index < -0.39 is 23.7 Å². The fourth-order valence-electron chi connectivity index (χ4n) is 4.14. The van der Waals surface area contributed by atoms with Gasteiger partial charge in [-0.05, 0) is 54.5 Å². The molecule has 1 heterocycles. The van der Waals surface area contributed by atoms with Gasteiger partial charge in [-0.15, -0.1) is 0 Å². The third-order valence-corrected chi connectivity index (χ3v) is 6.20. The van der Waals surface area contributed by atoms with Crippen LogP contribution in [0.25, 0.3) is 17.0 Å². The van der Waals surface area contributed by atoms with Gasteiger partial charge in [0.25, 0.3) is 0 Å². The van der Waals surface area contributed by atoms with Gasteiger partial charge in [-0.3, -0.25) is 0 Å². The molecule has 0 aliphatic heterocycles. The third-order valence-electron chi connectivity index (χ3n) is 6.20. The fraction of sp³-hybridized carbons (Fsp3) is 0.226. The molecule has 4 rings (SSSR count). The number of benzene rings is 3. The number of carbonyl (C=O) groups is 1. The second-order valence-corrected chi connectivity index (χ2v) is 9.15. The van der Waals surface area contributed by atoms with E-state index in [1.807, 2.05) is 6.92 Å². The van der Waals surface area contributed by atoms with Gasteiger partial charge in [-0.2, -0.15) is 13.2 Å². The van der Waals surface area contributed by atoms with Crippen LogP contribution in [0.1, 0.15) is 42.1 Å². The molecule has 0 unspecified atom stereocenters. The Morgan fingerprint density at radius 1 is 0.976 bits per heavy atom. The van der Waals surface area contributed by atoms with Crippen LogP contribution < -0.4 is 14.2 Å². The van der Waals surface area contributed by atoms with Crippen LogP contribution in [0.4, 0.5) is 17.6 Å². The number of alkyl halides is 3. The summed E-state index contributed by atoms with van der Waals surface area (Å²) in [7, 11) is 1.28. The van der Waals surface area contributed by atoms with Gasteiger partial charge in [0.05, 0.1) is 12.6 Å². The number of aromatic nitrogens is 1. The third kappa shape index (κ3) is 7.33. The Morgan fingerprint density at radius 3 is 2.44 bits per heavy atom. The van der Waals surface area contributed by atoms with Gasteiger partial charge in [-0.1, -0.05) is 37.6 Å². The van der Waals surface area contributed by atoms with E-state index in [1.165, 1.54) is 25.3 Å². The van der Waals surface area contributed by atoms with Crippen molar-refractivity contribution in [3.05, 3.63) is 101 Å². The first kappa shape index (κ1) is 29.4. The van der Waals surface area contributed by atoms with Crippen LogP contribution in [0.5, 0.6) is 17.2 Å². The molecule has 0 atom stereocenters. The lowest BCUT2D eigenvalue weighted by Gasteiger charge is -2.14. The monoisotopic (exact) mass is 569 g/mol. The Kier molecular flexibility index (Phi) is 9.11. The maximum Gasteiger partial charge on any atom is 0.433 e. The van der Waals surface area contributed by atoms with Crippen molar-refractivity contribution in [3.8, 4) is 17.2 Å². The van der Waals surface area contributed by atoms with Crippen molar-refractivity contribution in [2.75, 3.05) is 7.11 Å². The van der Waals surface area contributed by atoms with E-state index >= 15 is 0 Å². The number of aliphatic carboxylic acids is 1. The second-order valence-electron chi connectivity index (χ2n) is 9.15. The molecule has 0 saturated carbocycles. The van der Waals surface area contributed by atoms with Crippen molar-refractivity contribution in [2.24, 2.45) is 0 Å². The van der Waals surface area contributed by atoms with Gasteiger partial charge in [0.1, 0.15) is 42.0 Å². The Labute approximate surface area is 233 Å². The minimum absolute atomic E-state index is 0.0325. The average Bonchev–Trinajstić information content (AvgIpc) is 2.94. The summed E-state index contributed by atoms with van der Waals surface area (Å²) < 4.78 is 70.7. The van der Waals surface area contributed by atoms with Crippen LogP contribution in [-0.2, 0) is 24.2 Å². The first-order chi connectivity index (χ1) is 19.6. The van der Waals surface area contributed by atoms with Crippen molar-refractivity contribution in [3.63, 3.8) is 0 Å². The summed E-state index contributed by atoms with van der Waals surface area (Å²) in [5.41, 5.74) is 0.681. The SMILES string of the molecule is CCC/C(=C\c1cc(OCc2ccc3nc(C(F)(F)F)cc(OC)c3c2)ccc1OCc1ccccc1F)C(=O)O. The van der Waals surface area contributed by atoms with Crippen LogP contribution in [0.3, 0.4) is 0 Å². The molecular formula is C31H27F4NO5. The Hall–Kier alpha value is -4.60. The van der Waals surface area contributed by atoms with Crippen molar-refractivity contribution >= 4 is 22.9 Å². The number of rotatable bonds is 11. The molecule has 3 aromatic carbocycles. The summed E-state index contributed by atoms with van der Waals surface area (Å²) in [5.74, 6) is -0.708. The molecule has 1 N–H and O–H groups in total. The number of methoxy groups -OCH3 is 1. The van der Waals surface area contributed by atoms with Crippen molar-refractivity contribution < 1.29 is 41.7 Å². The Morgan fingerprint density at radius 2 is 1.76 bits per heavy atom. The van der Waals surface area contributed by atoms with Gasteiger partial charge >= 0.3 is 12.1 Å². The van der Waals surface area contributed by atoms with Crippen LogP contribution in [0.15, 0.2) is 72.3 Å². The minimum Gasteiger partial charge on any atom is -0.496 e. The molecule has 6 nitrogen and oxygen atoms in total. The molecular weight excluding hydrogens is 542 g/mol. The maximum atomic E-state index is 14.1. The zero-order valence-electron chi connectivity index (χ0n) is 22.3. The molecule has 0 fully saturated rings. The number of halogens is 4. The summed E-state index contributed by atoms with van der Waals surface area (Å²) in [6.07, 6.45) is -2.17. The highest BCUT2D eigenvalue weighted by Gasteiger charge is 2.33. The number of hydrogen-bond acceptors (Lipinski definition) is 5. The zero-order valence-corrected chi connectivity index (χ0v) is 22.3. The van der Waals surface area contributed by atoms with E-state index in [0.29, 0.717) is 46.4 Å². The summed E-state index contributed by atoms with van der Waals surface area (Å²) in [6.45, 7) is 1.86. The minimum atomic E-state index is -4.61. The molecule has 0 saturated heterocycles. The van der Waals surface area contributed by atoms with E-state index in [0.717, 1.165) is 6.07 Å². The number of nitrogens with zero attached hydrogens (tertiary/aromatic N) is 1. The molecule has 0 radical (unpaired) electrons. The molecule has 41 heavy (non-hydrogen) atoms. The molecule has 0 aliphatic carbocycles. The van der Waals surface area contributed by atoms with Gasteiger partial charge < -0.3 is 19.3 Å². The molecule has 214 valence electrons. The molecule has 10 heteroatoms. The summed E-state index contributed by atoms with van der Waals surface area (Å²) in [5, 5.41) is 10.0. The van der Waals surface area contributed by atoms with Gasteiger partial charge in [0, 0.05) is 28.2 Å². The summed E-state index contributed by atoms with van der Waals surface area (Å²) in [6, 6.07) is 16.6. The van der Waals surface area contributed by atoms with Gasteiger partial charge in [0.2, 0.25) is 0 Å². The molecule has 0 bridgehead atoms. The van der Waals surface area contributed by atoms with E-state index in [9.17, 15) is 27.5 Å². The molecule has 0 amide bonds.